The maximum absolute atomic E-state index is 12.4. The second-order valence-corrected chi connectivity index (χ2v) is 5.97. The number of amides is 2. The van der Waals surface area contributed by atoms with Crippen LogP contribution in [0.5, 0.6) is 0 Å². The summed E-state index contributed by atoms with van der Waals surface area (Å²) < 4.78 is 10.4. The molecule has 25 heavy (non-hydrogen) atoms. The highest BCUT2D eigenvalue weighted by atomic mass is 16.5. The third-order valence-electron chi connectivity index (χ3n) is 4.08. The predicted molar refractivity (Wildman–Crippen MR) is 87.2 cm³/mol. The second-order valence-electron chi connectivity index (χ2n) is 5.97. The van der Waals surface area contributed by atoms with E-state index in [4.69, 9.17) is 14.7 Å². The van der Waals surface area contributed by atoms with Crippen molar-refractivity contribution in [3.8, 4) is 11.6 Å². The topological polar surface area (TPSA) is 119 Å². The van der Waals surface area contributed by atoms with Crippen LogP contribution >= 0.6 is 0 Å². The molecular weight excluding hydrogens is 326 g/mol. The van der Waals surface area contributed by atoms with Gasteiger partial charge in [-0.25, -0.2) is 0 Å². The predicted octanol–water partition coefficient (Wildman–Crippen LogP) is 0.282. The highest BCUT2D eigenvalue weighted by molar-refractivity contribution is 5.77. The number of furan rings is 1. The van der Waals surface area contributed by atoms with Gasteiger partial charge >= 0.3 is 0 Å². The van der Waals surface area contributed by atoms with E-state index in [0.717, 1.165) is 13.0 Å². The average Bonchev–Trinajstić information content (AvgIpc) is 3.21. The van der Waals surface area contributed by atoms with Crippen molar-refractivity contribution < 1.29 is 18.5 Å². The van der Waals surface area contributed by atoms with Crippen molar-refractivity contribution in [3.63, 3.8) is 0 Å². The Hall–Kier alpha value is -2.68. The molecule has 0 spiro atoms. The van der Waals surface area contributed by atoms with Crippen molar-refractivity contribution in [3.05, 3.63) is 24.3 Å². The van der Waals surface area contributed by atoms with Crippen molar-refractivity contribution in [1.82, 2.24) is 19.9 Å². The van der Waals surface area contributed by atoms with Gasteiger partial charge in [-0.3, -0.25) is 14.5 Å². The first kappa shape index (κ1) is 17.2. The van der Waals surface area contributed by atoms with Gasteiger partial charge in [0, 0.05) is 39.0 Å². The van der Waals surface area contributed by atoms with Gasteiger partial charge in [-0.15, -0.1) is 0 Å². The number of rotatable bonds is 6. The molecule has 0 radical (unpaired) electrons. The van der Waals surface area contributed by atoms with Gasteiger partial charge < -0.3 is 19.6 Å². The smallest absolute Gasteiger partial charge is 0.238 e. The summed E-state index contributed by atoms with van der Waals surface area (Å²) in [6.07, 6.45) is 3.04. The molecule has 0 atom stereocenters. The zero-order valence-corrected chi connectivity index (χ0v) is 13.9. The van der Waals surface area contributed by atoms with E-state index in [1.54, 1.807) is 12.1 Å². The molecule has 0 saturated carbocycles. The molecule has 0 bridgehead atoms. The lowest BCUT2D eigenvalue weighted by atomic mass is 10.2. The molecule has 0 unspecified atom stereocenters. The first-order valence-corrected chi connectivity index (χ1v) is 8.27. The summed E-state index contributed by atoms with van der Waals surface area (Å²) in [5, 5.41) is 3.85. The van der Waals surface area contributed by atoms with E-state index in [9.17, 15) is 9.59 Å². The van der Waals surface area contributed by atoms with Crippen LogP contribution in [0.15, 0.2) is 27.3 Å². The van der Waals surface area contributed by atoms with Crippen LogP contribution in [0.1, 0.15) is 18.7 Å². The number of hydrogen-bond acceptors (Lipinski definition) is 7. The van der Waals surface area contributed by atoms with Gasteiger partial charge in [0.05, 0.1) is 12.8 Å². The highest BCUT2D eigenvalue weighted by Gasteiger charge is 2.20. The maximum atomic E-state index is 12.4. The monoisotopic (exact) mass is 347 g/mol. The molecule has 3 rings (SSSR count). The fourth-order valence-electron chi connectivity index (χ4n) is 2.83. The zero-order valence-electron chi connectivity index (χ0n) is 13.9. The van der Waals surface area contributed by atoms with Crippen molar-refractivity contribution >= 4 is 11.8 Å². The Balaban J connectivity index is 1.48. The Morgan fingerprint density at radius 1 is 1.24 bits per heavy atom. The van der Waals surface area contributed by atoms with Gasteiger partial charge in [-0.05, 0) is 18.6 Å². The molecule has 0 aliphatic carbocycles. The minimum Gasteiger partial charge on any atom is -0.461 e. The lowest BCUT2D eigenvalue weighted by Gasteiger charge is -2.21. The molecule has 134 valence electrons. The number of aromatic nitrogens is 2. The van der Waals surface area contributed by atoms with Gasteiger partial charge in [0.1, 0.15) is 0 Å². The fourth-order valence-corrected chi connectivity index (χ4v) is 2.83. The molecule has 1 saturated heterocycles. The number of carbonyl (C=O) groups excluding carboxylic acids is 2. The fraction of sp³-hybridized carbons (Fsp3) is 0.500. The number of primary amides is 1. The molecule has 1 aliphatic rings. The Kier molecular flexibility index (Phi) is 5.44. The summed E-state index contributed by atoms with van der Waals surface area (Å²) in [5.74, 6) is 1.01. The van der Waals surface area contributed by atoms with Gasteiger partial charge in [-0.1, -0.05) is 5.16 Å². The standard InChI is InChI=1S/C16H21N5O4/c17-13(22)11-20-6-2-7-21(9-8-20)15(23)5-4-14-18-16(19-25-14)12-3-1-10-24-12/h1,3,10H,2,4-9,11H2,(H2,17,22). The Labute approximate surface area is 144 Å². The zero-order chi connectivity index (χ0) is 17.6. The number of nitrogens with zero attached hydrogens (tertiary/aromatic N) is 4. The van der Waals surface area contributed by atoms with E-state index in [1.165, 1.54) is 6.26 Å². The van der Waals surface area contributed by atoms with Gasteiger partial charge in [-0.2, -0.15) is 4.98 Å². The molecular formula is C16H21N5O4. The number of aryl methyl sites for hydroxylation is 1. The van der Waals surface area contributed by atoms with E-state index >= 15 is 0 Å². The normalized spacial score (nSPS) is 15.9. The van der Waals surface area contributed by atoms with Gasteiger partial charge in [0.25, 0.3) is 0 Å². The summed E-state index contributed by atoms with van der Waals surface area (Å²) in [6.45, 7) is 2.92. The summed E-state index contributed by atoms with van der Waals surface area (Å²) in [5.41, 5.74) is 5.23. The molecule has 1 fully saturated rings. The molecule has 1 aliphatic heterocycles. The third kappa shape index (κ3) is 4.66. The van der Waals surface area contributed by atoms with Crippen LogP contribution in [0.2, 0.25) is 0 Å². The molecule has 0 aromatic carbocycles. The van der Waals surface area contributed by atoms with Crippen LogP contribution in [-0.2, 0) is 16.0 Å². The first-order chi connectivity index (χ1) is 12.1. The van der Waals surface area contributed by atoms with Crippen LogP contribution in [0.25, 0.3) is 11.6 Å². The Morgan fingerprint density at radius 3 is 2.88 bits per heavy atom. The van der Waals surface area contributed by atoms with E-state index in [0.29, 0.717) is 50.0 Å². The van der Waals surface area contributed by atoms with Crippen molar-refractivity contribution in [2.45, 2.75) is 19.3 Å². The summed E-state index contributed by atoms with van der Waals surface area (Å²) in [4.78, 5) is 31.4. The third-order valence-corrected chi connectivity index (χ3v) is 4.08. The highest BCUT2D eigenvalue weighted by Crippen LogP contribution is 2.16. The van der Waals surface area contributed by atoms with Gasteiger partial charge in [0.2, 0.25) is 23.5 Å². The van der Waals surface area contributed by atoms with Crippen LogP contribution in [0, 0.1) is 0 Å². The number of hydrogen-bond donors (Lipinski definition) is 1. The molecule has 2 amide bonds. The Morgan fingerprint density at radius 2 is 2.12 bits per heavy atom. The van der Waals surface area contributed by atoms with Crippen molar-refractivity contribution in [2.75, 3.05) is 32.7 Å². The summed E-state index contributed by atoms with van der Waals surface area (Å²) in [6, 6.07) is 3.49. The van der Waals surface area contributed by atoms with Crippen LogP contribution in [-0.4, -0.2) is 64.5 Å². The van der Waals surface area contributed by atoms with Crippen molar-refractivity contribution in [2.24, 2.45) is 5.73 Å². The van der Waals surface area contributed by atoms with E-state index in [1.807, 2.05) is 9.80 Å². The lowest BCUT2D eigenvalue weighted by Crippen LogP contribution is -2.38. The van der Waals surface area contributed by atoms with E-state index < -0.39 is 0 Å². The van der Waals surface area contributed by atoms with Crippen LogP contribution in [0.3, 0.4) is 0 Å². The largest absolute Gasteiger partial charge is 0.461 e. The lowest BCUT2D eigenvalue weighted by molar-refractivity contribution is -0.131. The minimum atomic E-state index is -0.344. The van der Waals surface area contributed by atoms with Gasteiger partial charge in [0.15, 0.2) is 5.76 Å². The van der Waals surface area contributed by atoms with Crippen LogP contribution < -0.4 is 5.73 Å². The number of carbonyl (C=O) groups is 2. The Bertz CT molecular complexity index is 712. The molecule has 3 heterocycles. The quantitative estimate of drug-likeness (QED) is 0.797. The summed E-state index contributed by atoms with van der Waals surface area (Å²) in [7, 11) is 0. The van der Waals surface area contributed by atoms with E-state index in [2.05, 4.69) is 10.1 Å². The van der Waals surface area contributed by atoms with Crippen LogP contribution in [0.4, 0.5) is 0 Å². The first-order valence-electron chi connectivity index (χ1n) is 8.27. The maximum Gasteiger partial charge on any atom is 0.238 e. The van der Waals surface area contributed by atoms with Crippen molar-refractivity contribution in [1.29, 1.82) is 0 Å². The van der Waals surface area contributed by atoms with E-state index in [-0.39, 0.29) is 18.4 Å². The molecule has 9 heteroatoms. The average molecular weight is 347 g/mol. The molecule has 2 aromatic rings. The number of nitrogens with two attached hydrogens (primary N) is 1. The SMILES string of the molecule is NC(=O)CN1CCCN(C(=O)CCc2nc(-c3ccco3)no2)CC1. The summed E-state index contributed by atoms with van der Waals surface area (Å²) >= 11 is 0. The second kappa shape index (κ2) is 7.93. The molecule has 2 N–H and O–H groups in total. The molecule has 9 nitrogen and oxygen atoms in total. The molecule has 2 aromatic heterocycles. The minimum absolute atomic E-state index is 0.0404.